The van der Waals surface area contributed by atoms with Crippen LogP contribution in [-0.4, -0.2) is 31.4 Å². The van der Waals surface area contributed by atoms with E-state index in [0.29, 0.717) is 12.2 Å². The summed E-state index contributed by atoms with van der Waals surface area (Å²) in [6, 6.07) is 16.3. The summed E-state index contributed by atoms with van der Waals surface area (Å²) in [6.45, 7) is 4.85. The number of amides is 2. The summed E-state index contributed by atoms with van der Waals surface area (Å²) in [5, 5.41) is 5.34. The summed E-state index contributed by atoms with van der Waals surface area (Å²) in [5.41, 5.74) is 4.38. The van der Waals surface area contributed by atoms with Gasteiger partial charge in [0.25, 0.3) is 0 Å². The molecule has 0 aromatic heterocycles. The highest BCUT2D eigenvalue weighted by molar-refractivity contribution is 6.39. The quantitative estimate of drug-likeness (QED) is 0.531. The minimum Gasteiger partial charge on any atom is -0.372 e. The van der Waals surface area contributed by atoms with Crippen LogP contribution in [0.2, 0.25) is 0 Å². The van der Waals surface area contributed by atoms with E-state index in [2.05, 4.69) is 46.7 Å². The summed E-state index contributed by atoms with van der Waals surface area (Å²) < 4.78 is 0. The summed E-state index contributed by atoms with van der Waals surface area (Å²) in [4.78, 5) is 26.5. The number of aryl methyl sites for hydroxylation is 2. The third-order valence-electron chi connectivity index (χ3n) is 5.66. The molecule has 2 amide bonds. The Kier molecular flexibility index (Phi) is 8.30. The van der Waals surface area contributed by atoms with E-state index in [9.17, 15) is 9.59 Å². The van der Waals surface area contributed by atoms with Crippen molar-refractivity contribution in [3.63, 3.8) is 0 Å². The SMILES string of the molecule is CCc1ccc(NC(=O)C(=O)NCCCc2ccc(N3CCCCCC3)cc2)cc1. The smallest absolute Gasteiger partial charge is 0.313 e. The molecule has 1 fully saturated rings. The maximum atomic E-state index is 12.0. The largest absolute Gasteiger partial charge is 0.372 e. The van der Waals surface area contributed by atoms with E-state index < -0.39 is 11.8 Å². The molecule has 1 aliphatic rings. The first-order valence-electron chi connectivity index (χ1n) is 11.2. The molecule has 30 heavy (non-hydrogen) atoms. The van der Waals surface area contributed by atoms with Crippen LogP contribution in [0.15, 0.2) is 48.5 Å². The van der Waals surface area contributed by atoms with Gasteiger partial charge in [-0.25, -0.2) is 0 Å². The Hall–Kier alpha value is -2.82. The number of carbonyl (C=O) groups is 2. The molecule has 0 radical (unpaired) electrons. The van der Waals surface area contributed by atoms with Gasteiger partial charge in [-0.3, -0.25) is 9.59 Å². The Morgan fingerprint density at radius 2 is 1.47 bits per heavy atom. The molecule has 0 bridgehead atoms. The van der Waals surface area contributed by atoms with Crippen molar-refractivity contribution in [3.8, 4) is 0 Å². The molecule has 2 aromatic rings. The second-order valence-electron chi connectivity index (χ2n) is 7.93. The van der Waals surface area contributed by atoms with Crippen molar-refractivity contribution < 1.29 is 9.59 Å². The third kappa shape index (κ3) is 6.61. The average Bonchev–Trinajstić information content (AvgIpc) is 3.07. The van der Waals surface area contributed by atoms with Crippen LogP contribution in [0, 0.1) is 0 Å². The average molecular weight is 408 g/mol. The highest BCUT2D eigenvalue weighted by Crippen LogP contribution is 2.20. The number of benzene rings is 2. The van der Waals surface area contributed by atoms with Crippen LogP contribution in [0.5, 0.6) is 0 Å². The number of hydrogen-bond donors (Lipinski definition) is 2. The maximum Gasteiger partial charge on any atom is 0.313 e. The Morgan fingerprint density at radius 1 is 0.833 bits per heavy atom. The van der Waals surface area contributed by atoms with Crippen molar-refractivity contribution in [2.75, 3.05) is 29.9 Å². The molecule has 1 aliphatic heterocycles. The molecular weight excluding hydrogens is 374 g/mol. The van der Waals surface area contributed by atoms with E-state index in [4.69, 9.17) is 0 Å². The van der Waals surface area contributed by atoms with E-state index in [1.165, 1.54) is 42.5 Å². The first-order chi connectivity index (χ1) is 14.7. The Labute approximate surface area is 179 Å². The van der Waals surface area contributed by atoms with Gasteiger partial charge < -0.3 is 15.5 Å². The minimum absolute atomic E-state index is 0.481. The van der Waals surface area contributed by atoms with Gasteiger partial charge in [0.15, 0.2) is 0 Å². The fourth-order valence-corrected chi connectivity index (χ4v) is 3.79. The molecule has 0 spiro atoms. The van der Waals surface area contributed by atoms with Gasteiger partial charge in [-0.2, -0.15) is 0 Å². The van der Waals surface area contributed by atoms with Crippen LogP contribution in [-0.2, 0) is 22.4 Å². The fourth-order valence-electron chi connectivity index (χ4n) is 3.79. The van der Waals surface area contributed by atoms with Crippen LogP contribution in [0.25, 0.3) is 0 Å². The number of nitrogens with zero attached hydrogens (tertiary/aromatic N) is 1. The van der Waals surface area contributed by atoms with Gasteiger partial charge in [0.05, 0.1) is 0 Å². The number of anilines is 2. The van der Waals surface area contributed by atoms with Crippen LogP contribution < -0.4 is 15.5 Å². The monoisotopic (exact) mass is 407 g/mol. The van der Waals surface area contributed by atoms with E-state index in [1.54, 1.807) is 0 Å². The van der Waals surface area contributed by atoms with Crippen LogP contribution in [0.4, 0.5) is 11.4 Å². The van der Waals surface area contributed by atoms with E-state index in [1.807, 2.05) is 24.3 Å². The first-order valence-corrected chi connectivity index (χ1v) is 11.2. The molecule has 0 saturated carbocycles. The van der Waals surface area contributed by atoms with Gasteiger partial charge in [-0.1, -0.05) is 44.0 Å². The molecule has 1 heterocycles. The molecule has 0 unspecified atom stereocenters. The molecule has 1 saturated heterocycles. The lowest BCUT2D eigenvalue weighted by Gasteiger charge is -2.22. The maximum absolute atomic E-state index is 12.0. The fraction of sp³-hybridized carbons (Fsp3) is 0.440. The van der Waals surface area contributed by atoms with Gasteiger partial charge in [0.2, 0.25) is 0 Å². The minimum atomic E-state index is -0.624. The topological polar surface area (TPSA) is 61.4 Å². The zero-order chi connectivity index (χ0) is 21.2. The number of rotatable bonds is 7. The van der Waals surface area contributed by atoms with Gasteiger partial charge in [-0.05, 0) is 67.5 Å². The Morgan fingerprint density at radius 3 is 2.10 bits per heavy atom. The van der Waals surface area contributed by atoms with Gasteiger partial charge >= 0.3 is 11.8 Å². The molecule has 2 N–H and O–H groups in total. The zero-order valence-electron chi connectivity index (χ0n) is 18.0. The van der Waals surface area contributed by atoms with Crippen molar-refractivity contribution in [1.29, 1.82) is 0 Å². The molecule has 5 nitrogen and oxygen atoms in total. The number of carbonyl (C=O) groups excluding carboxylic acids is 2. The van der Waals surface area contributed by atoms with Crippen LogP contribution in [0.3, 0.4) is 0 Å². The standard InChI is InChI=1S/C25H33N3O2/c1-2-20-9-13-22(14-10-20)27-25(30)24(29)26-17-7-8-21-11-15-23(16-12-21)28-18-5-3-4-6-19-28/h9-16H,2-8,17-19H2,1H3,(H,26,29)(H,27,30). The van der Waals surface area contributed by atoms with Gasteiger partial charge in [0, 0.05) is 31.0 Å². The van der Waals surface area contributed by atoms with Crippen molar-refractivity contribution >= 4 is 23.2 Å². The summed E-state index contributed by atoms with van der Waals surface area (Å²) in [5.74, 6) is -1.22. The predicted molar refractivity (Wildman–Crippen MR) is 123 cm³/mol. The number of hydrogen-bond acceptors (Lipinski definition) is 3. The van der Waals surface area contributed by atoms with Crippen LogP contribution in [0.1, 0.15) is 50.2 Å². The molecule has 0 aliphatic carbocycles. The highest BCUT2D eigenvalue weighted by atomic mass is 16.2. The first kappa shape index (κ1) is 21.9. The van der Waals surface area contributed by atoms with Gasteiger partial charge in [-0.15, -0.1) is 0 Å². The third-order valence-corrected chi connectivity index (χ3v) is 5.66. The van der Waals surface area contributed by atoms with Crippen LogP contribution >= 0.6 is 0 Å². The molecular formula is C25H33N3O2. The summed E-state index contributed by atoms with van der Waals surface area (Å²) in [7, 11) is 0. The molecule has 3 rings (SSSR count). The molecule has 160 valence electrons. The van der Waals surface area contributed by atoms with Crippen molar-refractivity contribution in [3.05, 3.63) is 59.7 Å². The zero-order valence-corrected chi connectivity index (χ0v) is 18.0. The van der Waals surface area contributed by atoms with E-state index in [-0.39, 0.29) is 0 Å². The Balaban J connectivity index is 1.37. The lowest BCUT2D eigenvalue weighted by Crippen LogP contribution is -2.36. The normalized spacial score (nSPS) is 14.1. The second kappa shape index (κ2) is 11.4. The number of nitrogens with one attached hydrogen (secondary N) is 2. The lowest BCUT2D eigenvalue weighted by molar-refractivity contribution is -0.136. The van der Waals surface area contributed by atoms with E-state index in [0.717, 1.165) is 32.4 Å². The van der Waals surface area contributed by atoms with E-state index >= 15 is 0 Å². The predicted octanol–water partition coefficient (Wildman–Crippen LogP) is 4.32. The highest BCUT2D eigenvalue weighted by Gasteiger charge is 2.13. The second-order valence-corrected chi connectivity index (χ2v) is 7.93. The van der Waals surface area contributed by atoms with Crippen molar-refractivity contribution in [1.82, 2.24) is 5.32 Å². The summed E-state index contributed by atoms with van der Waals surface area (Å²) >= 11 is 0. The molecule has 2 aromatic carbocycles. The lowest BCUT2D eigenvalue weighted by atomic mass is 10.1. The van der Waals surface area contributed by atoms with Gasteiger partial charge in [0.1, 0.15) is 0 Å². The Bertz CT molecular complexity index is 807. The molecule has 5 heteroatoms. The van der Waals surface area contributed by atoms with Crippen molar-refractivity contribution in [2.45, 2.75) is 51.9 Å². The summed E-state index contributed by atoms with van der Waals surface area (Å²) in [6.07, 6.45) is 7.84. The molecule has 0 atom stereocenters. The van der Waals surface area contributed by atoms with Crippen molar-refractivity contribution in [2.24, 2.45) is 0 Å².